The van der Waals surface area contributed by atoms with E-state index in [0.29, 0.717) is 6.04 Å². The van der Waals surface area contributed by atoms with Crippen LogP contribution in [0.1, 0.15) is 23.0 Å². The maximum atomic E-state index is 4.20. The molecule has 2 rings (SSSR count). The number of hydrogen-bond donors (Lipinski definition) is 1. The van der Waals surface area contributed by atoms with Crippen LogP contribution in [0.15, 0.2) is 5.51 Å². The molecule has 54 valence electrons. The van der Waals surface area contributed by atoms with E-state index in [-0.39, 0.29) is 0 Å². The van der Waals surface area contributed by atoms with E-state index >= 15 is 0 Å². The van der Waals surface area contributed by atoms with Crippen LogP contribution in [0.3, 0.4) is 0 Å². The first-order chi connectivity index (χ1) is 4.88. The van der Waals surface area contributed by atoms with Crippen molar-refractivity contribution in [3.63, 3.8) is 0 Å². The van der Waals surface area contributed by atoms with Gasteiger partial charge in [-0.3, -0.25) is 0 Å². The molecule has 0 saturated carbocycles. The fourth-order valence-corrected chi connectivity index (χ4v) is 2.07. The lowest BCUT2D eigenvalue weighted by Crippen LogP contribution is -2.34. The van der Waals surface area contributed by atoms with Gasteiger partial charge < -0.3 is 5.32 Å². The maximum Gasteiger partial charge on any atom is 0.0798 e. The Morgan fingerprint density at radius 3 is 3.00 bits per heavy atom. The van der Waals surface area contributed by atoms with Gasteiger partial charge in [0.15, 0.2) is 0 Å². The first-order valence-electron chi connectivity index (χ1n) is 3.51. The summed E-state index contributed by atoms with van der Waals surface area (Å²) in [5, 5.41) is 3.36. The van der Waals surface area contributed by atoms with Gasteiger partial charge in [-0.15, -0.1) is 11.3 Å². The molecule has 1 unspecified atom stereocenters. The molecule has 0 aromatic carbocycles. The Balaban J connectivity index is 2.23. The van der Waals surface area contributed by atoms with Crippen LogP contribution in [0.2, 0.25) is 0 Å². The molecule has 1 saturated heterocycles. The minimum Gasteiger partial charge on any atom is -0.309 e. The molecular formula is C7H10N2S. The third-order valence-electron chi connectivity index (χ3n) is 1.92. The Morgan fingerprint density at radius 1 is 1.80 bits per heavy atom. The lowest BCUT2D eigenvalue weighted by atomic mass is 10.1. The van der Waals surface area contributed by atoms with Gasteiger partial charge in [0.2, 0.25) is 0 Å². The Labute approximate surface area is 64.3 Å². The van der Waals surface area contributed by atoms with E-state index in [2.05, 4.69) is 17.2 Å². The highest BCUT2D eigenvalue weighted by atomic mass is 32.1. The average Bonchev–Trinajstić information content (AvgIpc) is 2.12. The number of aryl methyl sites for hydroxylation is 1. The van der Waals surface area contributed by atoms with Crippen molar-refractivity contribution in [2.24, 2.45) is 0 Å². The summed E-state index contributed by atoms with van der Waals surface area (Å²) in [4.78, 5) is 5.62. The second-order valence-electron chi connectivity index (χ2n) is 2.60. The molecule has 1 aliphatic heterocycles. The molecule has 1 aromatic rings. The van der Waals surface area contributed by atoms with Crippen molar-refractivity contribution in [2.45, 2.75) is 19.4 Å². The van der Waals surface area contributed by atoms with E-state index in [4.69, 9.17) is 0 Å². The molecule has 3 heteroatoms. The van der Waals surface area contributed by atoms with Crippen LogP contribution in [-0.4, -0.2) is 11.5 Å². The first-order valence-corrected chi connectivity index (χ1v) is 4.39. The van der Waals surface area contributed by atoms with Gasteiger partial charge in [0.05, 0.1) is 11.2 Å². The first kappa shape index (κ1) is 6.31. The zero-order valence-electron chi connectivity index (χ0n) is 5.92. The van der Waals surface area contributed by atoms with Crippen molar-refractivity contribution in [2.75, 3.05) is 6.54 Å². The standard InChI is InChI=1S/C7H10N2S/c1-5-7(10-4-9-5)6-2-3-8-6/h4,6,8H,2-3H2,1H3. The lowest BCUT2D eigenvalue weighted by molar-refractivity contribution is 0.387. The van der Waals surface area contributed by atoms with Gasteiger partial charge in [-0.25, -0.2) is 4.98 Å². The Bertz CT molecular complexity index is 227. The third kappa shape index (κ3) is 0.859. The van der Waals surface area contributed by atoms with Gasteiger partial charge in [0, 0.05) is 10.9 Å². The molecule has 10 heavy (non-hydrogen) atoms. The molecule has 1 aromatic heterocycles. The van der Waals surface area contributed by atoms with E-state index < -0.39 is 0 Å². The van der Waals surface area contributed by atoms with Crippen molar-refractivity contribution in [1.82, 2.24) is 10.3 Å². The minimum atomic E-state index is 0.618. The average molecular weight is 154 g/mol. The summed E-state index contributed by atoms with van der Waals surface area (Å²) in [5.41, 5.74) is 3.12. The fourth-order valence-electron chi connectivity index (χ4n) is 1.16. The molecule has 0 amide bonds. The minimum absolute atomic E-state index is 0.618. The predicted molar refractivity (Wildman–Crippen MR) is 42.2 cm³/mol. The molecule has 2 heterocycles. The second-order valence-corrected chi connectivity index (χ2v) is 3.48. The van der Waals surface area contributed by atoms with E-state index in [9.17, 15) is 0 Å². The van der Waals surface area contributed by atoms with Gasteiger partial charge >= 0.3 is 0 Å². The van der Waals surface area contributed by atoms with Crippen molar-refractivity contribution in [3.05, 3.63) is 16.1 Å². The van der Waals surface area contributed by atoms with Crippen LogP contribution in [0, 0.1) is 6.92 Å². The van der Waals surface area contributed by atoms with E-state index in [1.54, 1.807) is 11.3 Å². The molecular weight excluding hydrogens is 144 g/mol. The summed E-state index contributed by atoms with van der Waals surface area (Å²) < 4.78 is 0. The number of thiazole rings is 1. The maximum absolute atomic E-state index is 4.20. The molecule has 0 radical (unpaired) electrons. The smallest absolute Gasteiger partial charge is 0.0798 e. The molecule has 0 bridgehead atoms. The normalized spacial score (nSPS) is 24.3. The summed E-state index contributed by atoms with van der Waals surface area (Å²) in [6.45, 7) is 3.24. The third-order valence-corrected chi connectivity index (χ3v) is 2.97. The highest BCUT2D eigenvalue weighted by Crippen LogP contribution is 2.28. The zero-order valence-corrected chi connectivity index (χ0v) is 6.74. The molecule has 0 spiro atoms. The molecule has 1 atom stereocenters. The van der Waals surface area contributed by atoms with Crippen LogP contribution in [-0.2, 0) is 0 Å². The Hall–Kier alpha value is -0.410. The summed E-state index contributed by atoms with van der Waals surface area (Å²) in [6.07, 6.45) is 1.28. The quantitative estimate of drug-likeness (QED) is 0.663. The second kappa shape index (κ2) is 2.32. The Morgan fingerprint density at radius 2 is 2.60 bits per heavy atom. The molecule has 1 fully saturated rings. The van der Waals surface area contributed by atoms with Crippen LogP contribution in [0.4, 0.5) is 0 Å². The Kier molecular flexibility index (Phi) is 1.47. The van der Waals surface area contributed by atoms with Crippen molar-refractivity contribution in [3.8, 4) is 0 Å². The predicted octanol–water partition coefficient (Wildman–Crippen LogP) is 1.49. The summed E-state index contributed by atoms with van der Waals surface area (Å²) in [6, 6.07) is 0.618. The molecule has 1 N–H and O–H groups in total. The van der Waals surface area contributed by atoms with Gasteiger partial charge in [-0.05, 0) is 19.9 Å². The largest absolute Gasteiger partial charge is 0.309 e. The summed E-state index contributed by atoms with van der Waals surface area (Å²) >= 11 is 1.76. The van der Waals surface area contributed by atoms with Crippen molar-refractivity contribution >= 4 is 11.3 Å². The monoisotopic (exact) mass is 154 g/mol. The van der Waals surface area contributed by atoms with Gasteiger partial charge in [-0.1, -0.05) is 0 Å². The van der Waals surface area contributed by atoms with Crippen molar-refractivity contribution < 1.29 is 0 Å². The van der Waals surface area contributed by atoms with Gasteiger partial charge in [-0.2, -0.15) is 0 Å². The summed E-state index contributed by atoms with van der Waals surface area (Å²) in [5.74, 6) is 0. The highest BCUT2D eigenvalue weighted by Gasteiger charge is 2.21. The van der Waals surface area contributed by atoms with Crippen molar-refractivity contribution in [1.29, 1.82) is 0 Å². The van der Waals surface area contributed by atoms with E-state index in [1.807, 2.05) is 5.51 Å². The van der Waals surface area contributed by atoms with Gasteiger partial charge in [0.1, 0.15) is 0 Å². The van der Waals surface area contributed by atoms with E-state index in [1.165, 1.54) is 23.5 Å². The van der Waals surface area contributed by atoms with Gasteiger partial charge in [0.25, 0.3) is 0 Å². The molecule has 0 aliphatic carbocycles. The fraction of sp³-hybridized carbons (Fsp3) is 0.571. The number of aromatic nitrogens is 1. The van der Waals surface area contributed by atoms with Crippen LogP contribution >= 0.6 is 11.3 Å². The molecule has 2 nitrogen and oxygen atoms in total. The van der Waals surface area contributed by atoms with Crippen LogP contribution < -0.4 is 5.32 Å². The van der Waals surface area contributed by atoms with E-state index in [0.717, 1.165) is 0 Å². The molecule has 1 aliphatic rings. The number of rotatable bonds is 1. The number of nitrogens with one attached hydrogen (secondary N) is 1. The lowest BCUT2D eigenvalue weighted by Gasteiger charge is -2.26. The SMILES string of the molecule is Cc1ncsc1C1CCN1. The number of nitrogens with zero attached hydrogens (tertiary/aromatic N) is 1. The summed E-state index contributed by atoms with van der Waals surface area (Å²) in [7, 11) is 0. The topological polar surface area (TPSA) is 24.9 Å². The highest BCUT2D eigenvalue weighted by molar-refractivity contribution is 7.09. The number of hydrogen-bond acceptors (Lipinski definition) is 3. The van der Waals surface area contributed by atoms with Crippen LogP contribution in [0.5, 0.6) is 0 Å². The zero-order chi connectivity index (χ0) is 6.97. The van der Waals surface area contributed by atoms with Crippen LogP contribution in [0.25, 0.3) is 0 Å².